The minimum absolute atomic E-state index is 0.00361. The Kier molecular flexibility index (Phi) is 1.76. The minimum atomic E-state index is 0.00361. The first-order chi connectivity index (χ1) is 4.33. The third-order valence-electron chi connectivity index (χ3n) is 1.16. The lowest BCUT2D eigenvalue weighted by Crippen LogP contribution is -2.18. The van der Waals surface area contributed by atoms with Crippen LogP contribution in [0, 0.1) is 11.8 Å². The molecule has 1 aliphatic carbocycles. The summed E-state index contributed by atoms with van der Waals surface area (Å²) in [6.45, 7) is 0. The molecule has 0 spiro atoms. The van der Waals surface area contributed by atoms with Crippen LogP contribution in [-0.4, -0.2) is 13.2 Å². The SMILES string of the molecule is COC1=CCC(N)C#C1. The summed E-state index contributed by atoms with van der Waals surface area (Å²) in [5.74, 6) is 6.33. The maximum atomic E-state index is 5.48. The van der Waals surface area contributed by atoms with Crippen molar-refractivity contribution in [2.75, 3.05) is 7.11 Å². The van der Waals surface area contributed by atoms with Gasteiger partial charge in [0, 0.05) is 0 Å². The monoisotopic (exact) mass is 123 g/mol. The Morgan fingerprint density at radius 2 is 2.67 bits per heavy atom. The molecule has 9 heavy (non-hydrogen) atoms. The first kappa shape index (κ1) is 6.18. The average molecular weight is 123 g/mol. The fourth-order valence-corrected chi connectivity index (χ4v) is 0.642. The Morgan fingerprint density at radius 3 is 3.11 bits per heavy atom. The van der Waals surface area contributed by atoms with Crippen molar-refractivity contribution in [1.29, 1.82) is 0 Å². The van der Waals surface area contributed by atoms with E-state index in [1.807, 2.05) is 6.08 Å². The van der Waals surface area contributed by atoms with E-state index in [0.717, 1.165) is 12.2 Å². The van der Waals surface area contributed by atoms with E-state index in [2.05, 4.69) is 11.8 Å². The molecule has 0 bridgehead atoms. The van der Waals surface area contributed by atoms with Crippen molar-refractivity contribution in [3.8, 4) is 11.8 Å². The summed E-state index contributed by atoms with van der Waals surface area (Å²) < 4.78 is 4.87. The van der Waals surface area contributed by atoms with E-state index in [1.54, 1.807) is 7.11 Å². The molecule has 0 radical (unpaired) electrons. The van der Waals surface area contributed by atoms with E-state index in [0.29, 0.717) is 0 Å². The first-order valence-corrected chi connectivity index (χ1v) is 2.84. The summed E-state index contributed by atoms with van der Waals surface area (Å²) in [4.78, 5) is 0. The van der Waals surface area contributed by atoms with E-state index in [9.17, 15) is 0 Å². The van der Waals surface area contributed by atoms with Crippen molar-refractivity contribution in [2.45, 2.75) is 12.5 Å². The van der Waals surface area contributed by atoms with Gasteiger partial charge < -0.3 is 10.5 Å². The van der Waals surface area contributed by atoms with Crippen LogP contribution in [-0.2, 0) is 4.74 Å². The van der Waals surface area contributed by atoms with Gasteiger partial charge in [0.1, 0.15) is 0 Å². The van der Waals surface area contributed by atoms with Gasteiger partial charge in [-0.2, -0.15) is 0 Å². The number of allylic oxidation sites excluding steroid dienone is 1. The molecule has 0 aliphatic heterocycles. The van der Waals surface area contributed by atoms with Crippen molar-refractivity contribution in [2.24, 2.45) is 5.73 Å². The molecule has 1 aliphatic rings. The second kappa shape index (κ2) is 2.56. The summed E-state index contributed by atoms with van der Waals surface area (Å²) >= 11 is 0. The van der Waals surface area contributed by atoms with Gasteiger partial charge >= 0.3 is 0 Å². The number of nitrogens with two attached hydrogens (primary N) is 1. The maximum Gasteiger partial charge on any atom is 0.165 e. The molecule has 0 amide bonds. The van der Waals surface area contributed by atoms with Crippen LogP contribution in [0.4, 0.5) is 0 Å². The Hall–Kier alpha value is -0.940. The normalized spacial score (nSPS) is 23.8. The van der Waals surface area contributed by atoms with Gasteiger partial charge in [0.15, 0.2) is 5.76 Å². The van der Waals surface area contributed by atoms with Crippen LogP contribution in [0.5, 0.6) is 0 Å². The van der Waals surface area contributed by atoms with Crippen LogP contribution in [0.25, 0.3) is 0 Å². The van der Waals surface area contributed by atoms with E-state index >= 15 is 0 Å². The van der Waals surface area contributed by atoms with Crippen LogP contribution >= 0.6 is 0 Å². The topological polar surface area (TPSA) is 35.2 Å². The number of ether oxygens (including phenoxy) is 1. The molecule has 48 valence electrons. The molecule has 2 N–H and O–H groups in total. The molecule has 2 heteroatoms. The lowest BCUT2D eigenvalue weighted by atomic mass is 10.1. The molecule has 1 atom stereocenters. The predicted molar refractivity (Wildman–Crippen MR) is 35.5 cm³/mol. The van der Waals surface area contributed by atoms with Crippen molar-refractivity contribution in [1.82, 2.24) is 0 Å². The molecule has 1 rings (SSSR count). The molecule has 0 saturated carbocycles. The Morgan fingerprint density at radius 1 is 1.89 bits per heavy atom. The zero-order chi connectivity index (χ0) is 6.69. The van der Waals surface area contributed by atoms with Gasteiger partial charge in [0.05, 0.1) is 13.2 Å². The zero-order valence-corrected chi connectivity index (χ0v) is 5.35. The molecule has 0 heterocycles. The van der Waals surface area contributed by atoms with Crippen molar-refractivity contribution in [3.63, 3.8) is 0 Å². The number of rotatable bonds is 1. The quantitative estimate of drug-likeness (QED) is 0.507. The number of hydrogen-bond acceptors (Lipinski definition) is 2. The lowest BCUT2D eigenvalue weighted by molar-refractivity contribution is 0.308. The van der Waals surface area contributed by atoms with E-state index < -0.39 is 0 Å². The van der Waals surface area contributed by atoms with E-state index in [1.165, 1.54) is 0 Å². The Bertz CT molecular complexity index is 185. The summed E-state index contributed by atoms with van der Waals surface area (Å²) in [6.07, 6.45) is 2.71. The van der Waals surface area contributed by atoms with E-state index in [-0.39, 0.29) is 6.04 Å². The minimum Gasteiger partial charge on any atom is -0.489 e. The van der Waals surface area contributed by atoms with Gasteiger partial charge in [-0.25, -0.2) is 0 Å². The van der Waals surface area contributed by atoms with Crippen LogP contribution in [0.15, 0.2) is 11.8 Å². The molecular formula is C7H9NO. The number of hydrogen-bond donors (Lipinski definition) is 1. The highest BCUT2D eigenvalue weighted by molar-refractivity contribution is 5.29. The Balaban J connectivity index is 2.61. The van der Waals surface area contributed by atoms with Gasteiger partial charge in [0.25, 0.3) is 0 Å². The Labute approximate surface area is 54.7 Å². The van der Waals surface area contributed by atoms with Crippen molar-refractivity contribution in [3.05, 3.63) is 11.8 Å². The van der Waals surface area contributed by atoms with Gasteiger partial charge in [-0.1, -0.05) is 5.92 Å². The molecule has 2 nitrogen and oxygen atoms in total. The fraction of sp³-hybridized carbons (Fsp3) is 0.429. The average Bonchev–Trinajstić information content (AvgIpc) is 1.90. The van der Waals surface area contributed by atoms with Gasteiger partial charge in [-0.3, -0.25) is 0 Å². The fourth-order valence-electron chi connectivity index (χ4n) is 0.642. The zero-order valence-electron chi connectivity index (χ0n) is 5.35. The third-order valence-corrected chi connectivity index (χ3v) is 1.16. The summed E-state index contributed by atoms with van der Waals surface area (Å²) in [7, 11) is 1.61. The van der Waals surface area contributed by atoms with Crippen molar-refractivity contribution >= 4 is 0 Å². The maximum absolute atomic E-state index is 5.48. The molecule has 1 unspecified atom stereocenters. The predicted octanol–water partition coefficient (Wildman–Crippen LogP) is 0.251. The molecule has 0 fully saturated rings. The first-order valence-electron chi connectivity index (χ1n) is 2.84. The second-order valence-electron chi connectivity index (χ2n) is 1.88. The summed E-state index contributed by atoms with van der Waals surface area (Å²) in [5.41, 5.74) is 5.48. The smallest absolute Gasteiger partial charge is 0.165 e. The molecule has 0 aromatic rings. The molecule has 0 aromatic heterocycles. The second-order valence-corrected chi connectivity index (χ2v) is 1.88. The van der Waals surface area contributed by atoms with Gasteiger partial charge in [0.2, 0.25) is 0 Å². The molecule has 0 saturated heterocycles. The van der Waals surface area contributed by atoms with Crippen LogP contribution in [0.1, 0.15) is 6.42 Å². The van der Waals surface area contributed by atoms with Gasteiger partial charge in [-0.15, -0.1) is 0 Å². The summed E-state index contributed by atoms with van der Waals surface area (Å²) in [5, 5.41) is 0. The molecule has 0 aromatic carbocycles. The standard InChI is InChI=1S/C7H9NO/c1-9-7-4-2-6(8)3-5-7/h4,6H,2,8H2,1H3. The highest BCUT2D eigenvalue weighted by Crippen LogP contribution is 2.02. The summed E-state index contributed by atoms with van der Waals surface area (Å²) in [6, 6.07) is 0.00361. The highest BCUT2D eigenvalue weighted by Gasteiger charge is 2.00. The van der Waals surface area contributed by atoms with Crippen LogP contribution in [0.2, 0.25) is 0 Å². The van der Waals surface area contributed by atoms with Crippen molar-refractivity contribution < 1.29 is 4.74 Å². The largest absolute Gasteiger partial charge is 0.489 e. The number of methoxy groups -OCH3 is 1. The lowest BCUT2D eigenvalue weighted by Gasteiger charge is -2.05. The highest BCUT2D eigenvalue weighted by atomic mass is 16.5. The van der Waals surface area contributed by atoms with Crippen LogP contribution in [0.3, 0.4) is 0 Å². The molecular weight excluding hydrogens is 114 g/mol. The third kappa shape index (κ3) is 1.48. The van der Waals surface area contributed by atoms with Crippen LogP contribution < -0.4 is 5.73 Å². The van der Waals surface area contributed by atoms with Gasteiger partial charge in [-0.05, 0) is 18.4 Å². The van der Waals surface area contributed by atoms with E-state index in [4.69, 9.17) is 10.5 Å².